The van der Waals surface area contributed by atoms with Gasteiger partial charge in [0.15, 0.2) is 0 Å². The summed E-state index contributed by atoms with van der Waals surface area (Å²) in [5.41, 5.74) is 0.147. The third-order valence-corrected chi connectivity index (χ3v) is 1.90. The Balaban J connectivity index is 2.87. The molecule has 0 aliphatic carbocycles. The van der Waals surface area contributed by atoms with Gasteiger partial charge in [-0.25, -0.2) is 9.18 Å². The first-order valence-electron chi connectivity index (χ1n) is 3.57. The van der Waals surface area contributed by atoms with Crippen LogP contribution >= 0.6 is 15.9 Å². The molecule has 0 atom stereocenters. The zero-order valence-electron chi connectivity index (χ0n) is 6.90. The van der Waals surface area contributed by atoms with Crippen LogP contribution in [0.4, 0.5) is 14.9 Å². The fraction of sp³-hybridized carbons (Fsp3) is 0.125. The van der Waals surface area contributed by atoms with Crippen molar-refractivity contribution in [3.63, 3.8) is 0 Å². The lowest BCUT2D eigenvalue weighted by Crippen LogP contribution is -2.24. The second-order valence-corrected chi connectivity index (χ2v) is 3.24. The molecule has 0 aliphatic rings. The molecule has 70 valence electrons. The van der Waals surface area contributed by atoms with Crippen LogP contribution in [0, 0.1) is 5.82 Å². The predicted molar refractivity (Wildman–Crippen MR) is 52.2 cm³/mol. The molecule has 5 heteroatoms. The van der Waals surface area contributed by atoms with E-state index in [9.17, 15) is 9.18 Å². The maximum absolute atomic E-state index is 13.0. The molecule has 1 aromatic carbocycles. The lowest BCUT2D eigenvalue weighted by molar-refractivity contribution is 0.254. The Kier molecular flexibility index (Phi) is 3.25. The van der Waals surface area contributed by atoms with Crippen molar-refractivity contribution >= 4 is 27.6 Å². The summed E-state index contributed by atoms with van der Waals surface area (Å²) in [5.74, 6) is -0.466. The number of hydrogen-bond donors (Lipinski definition) is 2. The van der Waals surface area contributed by atoms with Crippen molar-refractivity contribution in [3.05, 3.63) is 28.5 Å². The number of halogens is 2. The maximum atomic E-state index is 13.0. The van der Waals surface area contributed by atoms with E-state index < -0.39 is 11.8 Å². The minimum atomic E-state index is -0.466. The van der Waals surface area contributed by atoms with Crippen LogP contribution in [0.3, 0.4) is 0 Å². The Bertz CT molecular complexity index is 330. The summed E-state index contributed by atoms with van der Waals surface area (Å²) < 4.78 is 13.7. The fourth-order valence-electron chi connectivity index (χ4n) is 0.778. The van der Waals surface area contributed by atoms with Crippen molar-refractivity contribution in [1.29, 1.82) is 0 Å². The van der Waals surface area contributed by atoms with Crippen molar-refractivity contribution < 1.29 is 9.18 Å². The van der Waals surface area contributed by atoms with E-state index in [1.807, 2.05) is 0 Å². The molecular formula is C8H8BrFN2O. The molecule has 1 rings (SSSR count). The van der Waals surface area contributed by atoms with Crippen LogP contribution in [-0.4, -0.2) is 13.1 Å². The largest absolute Gasteiger partial charge is 0.341 e. The van der Waals surface area contributed by atoms with Crippen molar-refractivity contribution in [2.75, 3.05) is 12.4 Å². The van der Waals surface area contributed by atoms with Gasteiger partial charge in [0.25, 0.3) is 0 Å². The average molecular weight is 247 g/mol. The number of urea groups is 1. The molecule has 0 saturated carbocycles. The number of rotatable bonds is 1. The van der Waals surface area contributed by atoms with Crippen molar-refractivity contribution in [1.82, 2.24) is 5.32 Å². The van der Waals surface area contributed by atoms with E-state index in [4.69, 9.17) is 0 Å². The third kappa shape index (κ3) is 2.69. The first-order valence-corrected chi connectivity index (χ1v) is 4.36. The van der Waals surface area contributed by atoms with Crippen molar-refractivity contribution in [2.24, 2.45) is 0 Å². The second-order valence-electron chi connectivity index (χ2n) is 2.33. The molecule has 0 fully saturated rings. The summed E-state index contributed by atoms with van der Waals surface area (Å²) in [6, 6.07) is 3.88. The van der Waals surface area contributed by atoms with Gasteiger partial charge in [0.05, 0.1) is 5.69 Å². The molecule has 0 aromatic heterocycles. The molecule has 0 spiro atoms. The van der Waals surface area contributed by atoms with Crippen LogP contribution in [0.25, 0.3) is 0 Å². The van der Waals surface area contributed by atoms with Gasteiger partial charge in [0, 0.05) is 11.5 Å². The highest BCUT2D eigenvalue weighted by Gasteiger charge is 2.04. The Labute approximate surface area is 83.5 Å². The van der Waals surface area contributed by atoms with E-state index in [-0.39, 0.29) is 5.69 Å². The van der Waals surface area contributed by atoms with Gasteiger partial charge in [-0.2, -0.15) is 0 Å². The van der Waals surface area contributed by atoms with Gasteiger partial charge in [-0.05, 0) is 18.2 Å². The summed E-state index contributed by atoms with van der Waals surface area (Å²) >= 11 is 3.17. The van der Waals surface area contributed by atoms with Gasteiger partial charge >= 0.3 is 6.03 Å². The summed E-state index contributed by atoms with van der Waals surface area (Å²) in [6.07, 6.45) is 0. The number of carbonyl (C=O) groups is 1. The summed E-state index contributed by atoms with van der Waals surface area (Å²) in [6.45, 7) is 0. The second kappa shape index (κ2) is 4.23. The molecular weight excluding hydrogens is 239 g/mol. The van der Waals surface area contributed by atoms with Crippen molar-refractivity contribution in [2.45, 2.75) is 0 Å². The Hall–Kier alpha value is -1.10. The maximum Gasteiger partial charge on any atom is 0.319 e. The van der Waals surface area contributed by atoms with E-state index in [0.717, 1.165) is 0 Å². The van der Waals surface area contributed by atoms with E-state index >= 15 is 0 Å². The minimum Gasteiger partial charge on any atom is -0.341 e. The van der Waals surface area contributed by atoms with Gasteiger partial charge in [-0.1, -0.05) is 15.9 Å². The highest BCUT2D eigenvalue weighted by Crippen LogP contribution is 2.19. The number of nitrogens with one attached hydrogen (secondary N) is 2. The van der Waals surface area contributed by atoms with Gasteiger partial charge in [-0.15, -0.1) is 0 Å². The normalized spacial score (nSPS) is 9.46. The van der Waals surface area contributed by atoms with Crippen LogP contribution in [0.2, 0.25) is 0 Å². The first kappa shape index (κ1) is 9.98. The smallest absolute Gasteiger partial charge is 0.319 e. The van der Waals surface area contributed by atoms with Crippen LogP contribution in [-0.2, 0) is 0 Å². The summed E-state index contributed by atoms with van der Waals surface area (Å²) in [7, 11) is 1.46. The van der Waals surface area contributed by atoms with E-state index in [1.54, 1.807) is 6.07 Å². The number of anilines is 1. The number of benzene rings is 1. The number of carbonyl (C=O) groups excluding carboxylic acids is 1. The standard InChI is InChI=1S/C8H8BrFN2O/c1-11-8(13)12-7-4-5(9)2-3-6(7)10/h2-4H,1H3,(H2,11,12,13). The van der Waals surface area contributed by atoms with Gasteiger partial charge < -0.3 is 10.6 Å². The summed E-state index contributed by atoms with van der Waals surface area (Å²) in [4.78, 5) is 10.8. The van der Waals surface area contributed by atoms with Crippen LogP contribution < -0.4 is 10.6 Å². The molecule has 0 saturated heterocycles. The lowest BCUT2D eigenvalue weighted by atomic mass is 10.3. The van der Waals surface area contributed by atoms with Crippen molar-refractivity contribution in [3.8, 4) is 0 Å². The van der Waals surface area contributed by atoms with E-state index in [2.05, 4.69) is 26.6 Å². The topological polar surface area (TPSA) is 41.1 Å². The third-order valence-electron chi connectivity index (χ3n) is 1.40. The molecule has 1 aromatic rings. The SMILES string of the molecule is CNC(=O)Nc1cc(Br)ccc1F. The van der Waals surface area contributed by atoms with E-state index in [1.165, 1.54) is 19.2 Å². The van der Waals surface area contributed by atoms with E-state index in [0.29, 0.717) is 4.47 Å². The van der Waals surface area contributed by atoms with Crippen LogP contribution in [0.15, 0.2) is 22.7 Å². The van der Waals surface area contributed by atoms with Gasteiger partial charge in [-0.3, -0.25) is 0 Å². The average Bonchev–Trinajstić information content (AvgIpc) is 2.11. The molecule has 0 bridgehead atoms. The zero-order valence-corrected chi connectivity index (χ0v) is 8.48. The molecule has 2 N–H and O–H groups in total. The molecule has 2 amide bonds. The molecule has 0 aliphatic heterocycles. The Morgan fingerprint density at radius 1 is 1.54 bits per heavy atom. The van der Waals surface area contributed by atoms with Gasteiger partial charge in [0.2, 0.25) is 0 Å². The zero-order chi connectivity index (χ0) is 9.84. The Morgan fingerprint density at radius 3 is 2.85 bits per heavy atom. The summed E-state index contributed by atoms with van der Waals surface area (Å²) in [5, 5.41) is 4.67. The number of hydrogen-bond acceptors (Lipinski definition) is 1. The van der Waals surface area contributed by atoms with Gasteiger partial charge in [0.1, 0.15) is 5.82 Å². The lowest BCUT2D eigenvalue weighted by Gasteiger charge is -2.05. The molecule has 13 heavy (non-hydrogen) atoms. The molecule has 3 nitrogen and oxygen atoms in total. The quantitative estimate of drug-likeness (QED) is 0.785. The van der Waals surface area contributed by atoms with Crippen LogP contribution in [0.5, 0.6) is 0 Å². The molecule has 0 unspecified atom stereocenters. The number of amides is 2. The molecule has 0 heterocycles. The Morgan fingerprint density at radius 2 is 2.23 bits per heavy atom. The minimum absolute atomic E-state index is 0.147. The predicted octanol–water partition coefficient (Wildman–Crippen LogP) is 2.34. The molecule has 0 radical (unpaired) electrons. The fourth-order valence-corrected chi connectivity index (χ4v) is 1.14. The monoisotopic (exact) mass is 246 g/mol. The highest BCUT2D eigenvalue weighted by atomic mass is 79.9. The highest BCUT2D eigenvalue weighted by molar-refractivity contribution is 9.10. The van der Waals surface area contributed by atoms with Crippen LogP contribution in [0.1, 0.15) is 0 Å². The first-order chi connectivity index (χ1) is 6.13.